The highest BCUT2D eigenvalue weighted by Gasteiger charge is 2.17. The van der Waals surface area contributed by atoms with Crippen LogP contribution >= 0.6 is 0 Å². The fourth-order valence-electron chi connectivity index (χ4n) is 3.42. The Bertz CT molecular complexity index is 658. The van der Waals surface area contributed by atoms with Crippen LogP contribution in [0, 0.1) is 0 Å². The molecule has 6 heteroatoms. The van der Waals surface area contributed by atoms with E-state index < -0.39 is 15.1 Å². The molecule has 0 aliphatic carbocycles. The third-order valence-corrected chi connectivity index (χ3v) is 6.07. The summed E-state index contributed by atoms with van der Waals surface area (Å²) in [7, 11) is -4.74. The Morgan fingerprint density at radius 1 is 0.759 bits per heavy atom. The summed E-state index contributed by atoms with van der Waals surface area (Å²) in [5.41, 5.74) is 0.411. The fourth-order valence-corrected chi connectivity index (χ4v) is 3.88. The van der Waals surface area contributed by atoms with Gasteiger partial charge in [0.2, 0.25) is 0 Å². The summed E-state index contributed by atoms with van der Waals surface area (Å²) in [6.07, 6.45) is 14.0. The lowest BCUT2D eigenvalue weighted by atomic mass is 10.1. The highest BCUT2D eigenvalue weighted by molar-refractivity contribution is 7.86. The third kappa shape index (κ3) is 10.8. The minimum Gasteiger partial charge on any atom is -0.339 e. The molecular weight excluding hydrogens is 389 g/mol. The molecule has 29 heavy (non-hydrogen) atoms. The van der Waals surface area contributed by atoms with Crippen LogP contribution in [0.4, 0.5) is 3.89 Å². The monoisotopic (exact) mass is 427 g/mol. The number of carbonyl (C=O) groups excluding carboxylic acids is 1. The molecule has 0 heterocycles. The van der Waals surface area contributed by atoms with E-state index in [0.717, 1.165) is 37.8 Å². The van der Waals surface area contributed by atoms with Crippen molar-refractivity contribution in [2.75, 3.05) is 13.1 Å². The predicted molar refractivity (Wildman–Crippen MR) is 117 cm³/mol. The third-order valence-electron chi connectivity index (χ3n) is 5.23. The van der Waals surface area contributed by atoms with E-state index in [4.69, 9.17) is 0 Å². The van der Waals surface area contributed by atoms with Gasteiger partial charge in [-0.1, -0.05) is 78.1 Å². The lowest BCUT2D eigenvalue weighted by molar-refractivity contribution is 0.0749. The molecule has 0 atom stereocenters. The maximum absolute atomic E-state index is 13.1. The number of nitrogens with zero attached hydrogens (tertiary/aromatic N) is 1. The Hall–Kier alpha value is -1.43. The molecule has 1 aromatic rings. The van der Waals surface area contributed by atoms with Gasteiger partial charge < -0.3 is 4.90 Å². The quantitative estimate of drug-likeness (QED) is 0.223. The Morgan fingerprint density at radius 2 is 1.17 bits per heavy atom. The Labute approximate surface area is 177 Å². The van der Waals surface area contributed by atoms with Gasteiger partial charge in [-0.25, -0.2) is 0 Å². The van der Waals surface area contributed by atoms with E-state index in [1.807, 2.05) is 4.90 Å². The van der Waals surface area contributed by atoms with Crippen molar-refractivity contribution in [1.29, 1.82) is 0 Å². The molecule has 0 radical (unpaired) electrons. The van der Waals surface area contributed by atoms with E-state index in [2.05, 4.69) is 13.8 Å². The lowest BCUT2D eigenvalue weighted by Crippen LogP contribution is -2.33. The van der Waals surface area contributed by atoms with Gasteiger partial charge in [0, 0.05) is 18.7 Å². The van der Waals surface area contributed by atoms with E-state index in [1.165, 1.54) is 63.5 Å². The summed E-state index contributed by atoms with van der Waals surface area (Å²) in [4.78, 5) is 14.4. The van der Waals surface area contributed by atoms with E-state index in [1.54, 1.807) is 0 Å². The van der Waals surface area contributed by atoms with Gasteiger partial charge in [0.25, 0.3) is 5.91 Å². The van der Waals surface area contributed by atoms with Crippen LogP contribution in [0.1, 0.15) is 101 Å². The van der Waals surface area contributed by atoms with Crippen LogP contribution in [0.15, 0.2) is 29.2 Å². The predicted octanol–water partition coefficient (Wildman–Crippen LogP) is 6.51. The number of hydrogen-bond acceptors (Lipinski definition) is 3. The van der Waals surface area contributed by atoms with Crippen molar-refractivity contribution >= 4 is 16.1 Å². The zero-order valence-electron chi connectivity index (χ0n) is 18.2. The van der Waals surface area contributed by atoms with Gasteiger partial charge in [-0.15, -0.1) is 3.89 Å². The molecule has 0 saturated heterocycles. The van der Waals surface area contributed by atoms with Gasteiger partial charge >= 0.3 is 10.2 Å². The Balaban J connectivity index is 2.63. The highest BCUT2D eigenvalue weighted by Crippen LogP contribution is 2.16. The largest absolute Gasteiger partial charge is 0.339 e. The topological polar surface area (TPSA) is 54.5 Å². The number of rotatable bonds is 16. The molecule has 0 bridgehead atoms. The van der Waals surface area contributed by atoms with Gasteiger partial charge in [-0.05, 0) is 37.1 Å². The molecule has 0 spiro atoms. The van der Waals surface area contributed by atoms with Gasteiger partial charge in [0.1, 0.15) is 0 Å². The second kappa shape index (κ2) is 14.5. The number of carbonyl (C=O) groups is 1. The Morgan fingerprint density at radius 3 is 1.59 bits per heavy atom. The molecule has 0 N–H and O–H groups in total. The van der Waals surface area contributed by atoms with Crippen LogP contribution < -0.4 is 0 Å². The van der Waals surface area contributed by atoms with Crippen LogP contribution in [0.25, 0.3) is 0 Å². The van der Waals surface area contributed by atoms with Gasteiger partial charge in [-0.2, -0.15) is 8.42 Å². The average molecular weight is 428 g/mol. The zero-order chi connectivity index (χ0) is 21.5. The minimum atomic E-state index is -4.74. The summed E-state index contributed by atoms with van der Waals surface area (Å²) in [5, 5.41) is 0. The summed E-state index contributed by atoms with van der Waals surface area (Å²) in [6, 6.07) is 5.14. The SMILES string of the molecule is CCCCCCCCN(CCCCCCCC)C(=O)c1ccc(S(=O)(=O)F)cc1. The second-order valence-corrected chi connectivity index (χ2v) is 9.14. The van der Waals surface area contributed by atoms with Gasteiger partial charge in [0.15, 0.2) is 0 Å². The Kier molecular flexibility index (Phi) is 12.8. The maximum atomic E-state index is 13.1. The molecule has 4 nitrogen and oxygen atoms in total. The molecule has 1 rings (SSSR count). The number of benzene rings is 1. The van der Waals surface area contributed by atoms with E-state index in [-0.39, 0.29) is 5.91 Å². The molecular formula is C23H38FNO3S. The second-order valence-electron chi connectivity index (χ2n) is 7.79. The molecule has 0 fully saturated rings. The van der Waals surface area contributed by atoms with Crippen LogP contribution in [0.5, 0.6) is 0 Å². The highest BCUT2D eigenvalue weighted by atomic mass is 32.3. The first-order valence-corrected chi connectivity index (χ1v) is 12.6. The van der Waals surface area contributed by atoms with E-state index >= 15 is 0 Å². The number of unbranched alkanes of at least 4 members (excludes halogenated alkanes) is 10. The summed E-state index contributed by atoms with van der Waals surface area (Å²) < 4.78 is 35.0. The van der Waals surface area contributed by atoms with Crippen molar-refractivity contribution < 1.29 is 17.1 Å². The number of hydrogen-bond donors (Lipinski definition) is 0. The van der Waals surface area contributed by atoms with Crippen molar-refractivity contribution in [2.45, 2.75) is 95.8 Å². The summed E-state index contributed by atoms with van der Waals surface area (Å²) in [5.74, 6) is -0.102. The van der Waals surface area contributed by atoms with Crippen molar-refractivity contribution in [3.8, 4) is 0 Å². The number of halogens is 1. The van der Waals surface area contributed by atoms with Gasteiger partial charge in [-0.3, -0.25) is 4.79 Å². The zero-order valence-corrected chi connectivity index (χ0v) is 19.0. The van der Waals surface area contributed by atoms with Gasteiger partial charge in [0.05, 0.1) is 4.90 Å². The van der Waals surface area contributed by atoms with Crippen molar-refractivity contribution in [1.82, 2.24) is 4.90 Å². The smallest absolute Gasteiger partial charge is 0.332 e. The van der Waals surface area contributed by atoms with Crippen molar-refractivity contribution in [2.24, 2.45) is 0 Å². The first-order valence-electron chi connectivity index (χ1n) is 11.2. The average Bonchev–Trinajstić information content (AvgIpc) is 2.70. The molecule has 1 amide bonds. The van der Waals surface area contributed by atoms with Crippen LogP contribution in [-0.2, 0) is 10.2 Å². The number of amides is 1. The molecule has 0 aliphatic rings. The minimum absolute atomic E-state index is 0.102. The van der Waals surface area contributed by atoms with Crippen LogP contribution in [-0.4, -0.2) is 32.3 Å². The summed E-state index contributed by atoms with van der Waals surface area (Å²) >= 11 is 0. The fraction of sp³-hybridized carbons (Fsp3) is 0.696. The molecule has 0 aromatic heterocycles. The molecule has 1 aromatic carbocycles. The maximum Gasteiger partial charge on any atom is 0.332 e. The van der Waals surface area contributed by atoms with Crippen molar-refractivity contribution in [3.05, 3.63) is 29.8 Å². The normalized spacial score (nSPS) is 11.6. The van der Waals surface area contributed by atoms with Crippen LogP contribution in [0.3, 0.4) is 0 Å². The summed E-state index contributed by atoms with van der Waals surface area (Å²) in [6.45, 7) is 5.81. The standard InChI is InChI=1S/C23H38FNO3S/c1-3-5-7-9-11-13-19-25(20-14-12-10-8-6-4-2)23(26)21-15-17-22(18-16-21)29(24,27)28/h15-18H,3-14,19-20H2,1-2H3. The van der Waals surface area contributed by atoms with E-state index in [0.29, 0.717) is 18.7 Å². The molecule has 0 saturated carbocycles. The molecule has 0 aliphatic heterocycles. The first kappa shape index (κ1) is 25.6. The molecule has 166 valence electrons. The van der Waals surface area contributed by atoms with Crippen molar-refractivity contribution in [3.63, 3.8) is 0 Å². The lowest BCUT2D eigenvalue weighted by Gasteiger charge is -2.23. The van der Waals surface area contributed by atoms with E-state index in [9.17, 15) is 17.1 Å². The first-order chi connectivity index (χ1) is 13.9. The van der Waals surface area contributed by atoms with Crippen LogP contribution in [0.2, 0.25) is 0 Å². The molecule has 0 unspecified atom stereocenters.